The lowest BCUT2D eigenvalue weighted by molar-refractivity contribution is 1.19. The number of hydrogen-bond donors (Lipinski definition) is 0. The summed E-state index contributed by atoms with van der Waals surface area (Å²) in [6.45, 7) is 4.28. The van der Waals surface area contributed by atoms with E-state index in [1.165, 1.54) is 77.1 Å². The molecule has 0 amide bonds. The standard InChI is InChI=1S/C46H33N3/c1-30-20-22-47-28-43(30)36-10-6-8-32(24-36)34-14-17-40-38(26-34)16-19-42-41-18-15-35(27-45(41)49(46(40)42)39-12-4-3-5-13-39)33-9-7-11-37(25-33)44-29-48-23-21-31(44)2/h3-29H,1-2H3. The van der Waals surface area contributed by atoms with Gasteiger partial charge in [0.25, 0.3) is 0 Å². The van der Waals surface area contributed by atoms with Crippen LogP contribution in [0.4, 0.5) is 0 Å². The highest BCUT2D eigenvalue weighted by atomic mass is 15.0. The SMILES string of the molecule is Cc1ccncc1-c1cccc(-c2ccc3c(ccc4c5ccc(-c6cccc(-c7cnccc7C)c6)cc5n(-c5ccccc5)c34)c2)c1. The first-order chi connectivity index (χ1) is 24.1. The Bertz CT molecular complexity index is 2680. The Morgan fingerprint density at radius 2 is 0.980 bits per heavy atom. The molecule has 49 heavy (non-hydrogen) atoms. The van der Waals surface area contributed by atoms with Crippen LogP contribution in [0, 0.1) is 13.8 Å². The number of aromatic nitrogens is 3. The number of pyridine rings is 2. The van der Waals surface area contributed by atoms with Crippen molar-refractivity contribution >= 4 is 32.6 Å². The summed E-state index contributed by atoms with van der Waals surface area (Å²) in [4.78, 5) is 8.78. The average molecular weight is 628 g/mol. The van der Waals surface area contributed by atoms with Crippen LogP contribution in [0.3, 0.4) is 0 Å². The van der Waals surface area contributed by atoms with Crippen molar-refractivity contribution in [2.24, 2.45) is 0 Å². The van der Waals surface area contributed by atoms with Crippen LogP contribution in [0.25, 0.3) is 82.8 Å². The summed E-state index contributed by atoms with van der Waals surface area (Å²) in [5.41, 5.74) is 15.5. The summed E-state index contributed by atoms with van der Waals surface area (Å²) in [7, 11) is 0. The fourth-order valence-electron chi connectivity index (χ4n) is 7.31. The Balaban J connectivity index is 1.22. The molecule has 0 bridgehead atoms. The molecule has 9 aromatic rings. The molecule has 3 aromatic heterocycles. The number of nitrogens with zero attached hydrogens (tertiary/aromatic N) is 3. The van der Waals surface area contributed by atoms with Gasteiger partial charge in [-0.15, -0.1) is 0 Å². The van der Waals surface area contributed by atoms with Gasteiger partial charge in [0, 0.05) is 57.8 Å². The third-order valence-electron chi connectivity index (χ3n) is 9.85. The van der Waals surface area contributed by atoms with Gasteiger partial charge in [-0.25, -0.2) is 0 Å². The maximum atomic E-state index is 4.40. The van der Waals surface area contributed by atoms with Crippen molar-refractivity contribution in [2.75, 3.05) is 0 Å². The number of hydrogen-bond acceptors (Lipinski definition) is 2. The summed E-state index contributed by atoms with van der Waals surface area (Å²) in [6, 6.07) is 50.8. The molecule has 6 aromatic carbocycles. The van der Waals surface area contributed by atoms with Crippen molar-refractivity contribution in [3.05, 3.63) is 175 Å². The van der Waals surface area contributed by atoms with Gasteiger partial charge in [0.15, 0.2) is 0 Å². The van der Waals surface area contributed by atoms with Crippen molar-refractivity contribution in [1.29, 1.82) is 0 Å². The normalized spacial score (nSPS) is 11.5. The van der Waals surface area contributed by atoms with Crippen LogP contribution in [0.15, 0.2) is 164 Å². The van der Waals surface area contributed by atoms with E-state index in [0.29, 0.717) is 0 Å². The van der Waals surface area contributed by atoms with E-state index in [2.05, 4.69) is 168 Å². The van der Waals surface area contributed by atoms with Crippen molar-refractivity contribution in [1.82, 2.24) is 14.5 Å². The lowest BCUT2D eigenvalue weighted by atomic mass is 9.95. The molecule has 3 nitrogen and oxygen atoms in total. The van der Waals surface area contributed by atoms with Gasteiger partial charge in [0.05, 0.1) is 11.0 Å². The van der Waals surface area contributed by atoms with E-state index >= 15 is 0 Å². The van der Waals surface area contributed by atoms with Crippen LogP contribution in [0.2, 0.25) is 0 Å². The molecule has 0 unspecified atom stereocenters. The first-order valence-corrected chi connectivity index (χ1v) is 16.7. The van der Waals surface area contributed by atoms with Crippen molar-refractivity contribution in [3.63, 3.8) is 0 Å². The predicted molar refractivity (Wildman–Crippen MR) is 205 cm³/mol. The Morgan fingerprint density at radius 1 is 0.429 bits per heavy atom. The molecule has 3 heteroatoms. The van der Waals surface area contributed by atoms with Gasteiger partial charge in [-0.2, -0.15) is 0 Å². The molecule has 232 valence electrons. The Kier molecular flexibility index (Phi) is 6.91. The molecule has 0 aliphatic heterocycles. The molecule has 0 radical (unpaired) electrons. The number of aryl methyl sites for hydroxylation is 2. The predicted octanol–water partition coefficient (Wildman–Crippen LogP) is 12.0. The van der Waals surface area contributed by atoms with Gasteiger partial charge in [-0.1, -0.05) is 91.0 Å². The van der Waals surface area contributed by atoms with E-state index in [-0.39, 0.29) is 0 Å². The molecule has 0 spiro atoms. The second-order valence-electron chi connectivity index (χ2n) is 12.8. The second-order valence-corrected chi connectivity index (χ2v) is 12.8. The van der Waals surface area contributed by atoms with E-state index in [1.54, 1.807) is 0 Å². The summed E-state index contributed by atoms with van der Waals surface area (Å²) in [5, 5.41) is 4.94. The highest BCUT2D eigenvalue weighted by Gasteiger charge is 2.17. The molecule has 0 saturated heterocycles. The van der Waals surface area contributed by atoms with Crippen LogP contribution in [0.1, 0.15) is 11.1 Å². The summed E-state index contributed by atoms with van der Waals surface area (Å²) < 4.78 is 2.44. The number of fused-ring (bicyclic) bond motifs is 5. The number of rotatable bonds is 5. The number of para-hydroxylation sites is 1. The molecule has 0 N–H and O–H groups in total. The van der Waals surface area contributed by atoms with Gasteiger partial charge in [-0.3, -0.25) is 9.97 Å². The van der Waals surface area contributed by atoms with Gasteiger partial charge in [0.2, 0.25) is 0 Å². The zero-order valence-corrected chi connectivity index (χ0v) is 27.4. The zero-order chi connectivity index (χ0) is 32.9. The third kappa shape index (κ3) is 4.99. The van der Waals surface area contributed by atoms with Gasteiger partial charge in [-0.05, 0) is 112 Å². The first-order valence-electron chi connectivity index (χ1n) is 16.7. The highest BCUT2D eigenvalue weighted by molar-refractivity contribution is 6.19. The van der Waals surface area contributed by atoms with Gasteiger partial charge < -0.3 is 4.57 Å². The lowest BCUT2D eigenvalue weighted by Gasteiger charge is -2.12. The van der Waals surface area contributed by atoms with E-state index < -0.39 is 0 Å². The Morgan fingerprint density at radius 3 is 1.61 bits per heavy atom. The lowest BCUT2D eigenvalue weighted by Crippen LogP contribution is -1.94. The molecule has 0 fully saturated rings. The molecule has 9 rings (SSSR count). The summed E-state index contributed by atoms with van der Waals surface area (Å²) >= 11 is 0. The smallest absolute Gasteiger partial charge is 0.0619 e. The quantitative estimate of drug-likeness (QED) is 0.190. The molecule has 0 aliphatic rings. The molecule has 3 heterocycles. The first kappa shape index (κ1) is 28.9. The largest absolute Gasteiger partial charge is 0.309 e. The van der Waals surface area contributed by atoms with Crippen LogP contribution in [-0.4, -0.2) is 14.5 Å². The van der Waals surface area contributed by atoms with Crippen LogP contribution in [-0.2, 0) is 0 Å². The van der Waals surface area contributed by atoms with E-state index in [0.717, 1.165) is 16.8 Å². The Labute approximate surface area is 285 Å². The molecule has 0 aliphatic carbocycles. The minimum atomic E-state index is 1.15. The minimum absolute atomic E-state index is 1.15. The average Bonchev–Trinajstić information content (AvgIpc) is 3.49. The topological polar surface area (TPSA) is 30.7 Å². The third-order valence-corrected chi connectivity index (χ3v) is 9.85. The molecule has 0 saturated carbocycles. The summed E-state index contributed by atoms with van der Waals surface area (Å²) in [6.07, 6.45) is 7.62. The van der Waals surface area contributed by atoms with E-state index in [4.69, 9.17) is 0 Å². The van der Waals surface area contributed by atoms with E-state index in [9.17, 15) is 0 Å². The van der Waals surface area contributed by atoms with Gasteiger partial charge in [0.1, 0.15) is 0 Å². The second kappa shape index (κ2) is 11.7. The van der Waals surface area contributed by atoms with E-state index in [1.807, 2.05) is 24.8 Å². The van der Waals surface area contributed by atoms with Crippen molar-refractivity contribution in [2.45, 2.75) is 13.8 Å². The van der Waals surface area contributed by atoms with Crippen molar-refractivity contribution < 1.29 is 0 Å². The number of benzene rings is 6. The molecule has 0 atom stereocenters. The minimum Gasteiger partial charge on any atom is -0.309 e. The molecular formula is C46H33N3. The fraction of sp³-hybridized carbons (Fsp3) is 0.0435. The molecular weight excluding hydrogens is 595 g/mol. The maximum absolute atomic E-state index is 4.40. The van der Waals surface area contributed by atoms with Crippen LogP contribution < -0.4 is 0 Å². The highest BCUT2D eigenvalue weighted by Crippen LogP contribution is 2.40. The monoisotopic (exact) mass is 627 g/mol. The van der Waals surface area contributed by atoms with Crippen molar-refractivity contribution in [3.8, 4) is 50.2 Å². The van der Waals surface area contributed by atoms with Crippen LogP contribution >= 0.6 is 0 Å². The summed E-state index contributed by atoms with van der Waals surface area (Å²) in [5.74, 6) is 0. The Hall–Kier alpha value is -6.32. The zero-order valence-electron chi connectivity index (χ0n) is 27.4. The maximum Gasteiger partial charge on any atom is 0.0619 e. The fourth-order valence-corrected chi connectivity index (χ4v) is 7.31. The van der Waals surface area contributed by atoms with Crippen LogP contribution in [0.5, 0.6) is 0 Å². The van der Waals surface area contributed by atoms with Gasteiger partial charge >= 0.3 is 0 Å².